The summed E-state index contributed by atoms with van der Waals surface area (Å²) >= 11 is 5.82. The third-order valence-electron chi connectivity index (χ3n) is 4.21. The summed E-state index contributed by atoms with van der Waals surface area (Å²) in [7, 11) is 0. The minimum atomic E-state index is -0.122. The number of benzene rings is 1. The Balaban J connectivity index is 1.52. The van der Waals surface area contributed by atoms with Crippen LogP contribution in [0, 0.1) is 0 Å². The molecule has 0 spiro atoms. The number of urea groups is 1. The van der Waals surface area contributed by atoms with Gasteiger partial charge in [-0.1, -0.05) is 43.0 Å². The number of hydrogen-bond donors (Lipinski definition) is 3. The molecular weight excluding hydrogens is 326 g/mol. The van der Waals surface area contributed by atoms with Crippen LogP contribution >= 0.6 is 11.6 Å². The average Bonchev–Trinajstić information content (AvgIpc) is 2.59. The van der Waals surface area contributed by atoms with E-state index in [0.717, 1.165) is 18.4 Å². The maximum Gasteiger partial charge on any atom is 0.315 e. The fourth-order valence-corrected chi connectivity index (χ4v) is 2.95. The molecule has 0 unspecified atom stereocenters. The highest BCUT2D eigenvalue weighted by Crippen LogP contribution is 2.17. The first kappa shape index (κ1) is 18.6. The number of amides is 3. The second-order valence-electron chi connectivity index (χ2n) is 6.24. The zero-order chi connectivity index (χ0) is 17.2. The molecule has 132 valence electrons. The van der Waals surface area contributed by atoms with Crippen LogP contribution in [0.25, 0.3) is 0 Å². The van der Waals surface area contributed by atoms with Crippen molar-refractivity contribution < 1.29 is 9.59 Å². The number of carbonyl (C=O) groups is 2. The van der Waals surface area contributed by atoms with Gasteiger partial charge in [0.1, 0.15) is 0 Å². The van der Waals surface area contributed by atoms with Crippen molar-refractivity contribution in [2.75, 3.05) is 6.54 Å². The summed E-state index contributed by atoms with van der Waals surface area (Å²) in [4.78, 5) is 23.5. The largest absolute Gasteiger partial charge is 0.352 e. The van der Waals surface area contributed by atoms with Crippen LogP contribution in [0.3, 0.4) is 0 Å². The lowest BCUT2D eigenvalue weighted by Crippen LogP contribution is -2.43. The zero-order valence-corrected chi connectivity index (χ0v) is 14.7. The Morgan fingerprint density at radius 1 is 1.04 bits per heavy atom. The molecular formula is C18H26ClN3O2. The van der Waals surface area contributed by atoms with Crippen LogP contribution in [0.15, 0.2) is 24.3 Å². The molecule has 1 fully saturated rings. The average molecular weight is 352 g/mol. The summed E-state index contributed by atoms with van der Waals surface area (Å²) in [5.74, 6) is -0.0144. The summed E-state index contributed by atoms with van der Waals surface area (Å²) in [6.45, 7) is 0.999. The summed E-state index contributed by atoms with van der Waals surface area (Å²) in [5.41, 5.74) is 1.01. The van der Waals surface area contributed by atoms with Gasteiger partial charge in [0, 0.05) is 30.6 Å². The zero-order valence-electron chi connectivity index (χ0n) is 13.9. The third-order valence-corrected chi connectivity index (χ3v) is 4.46. The Bertz CT molecular complexity index is 528. The first-order valence-corrected chi connectivity index (χ1v) is 9.07. The SMILES string of the molecule is O=C(CCCNC(=O)NC1CCCCC1)NCc1ccc(Cl)cc1. The molecule has 24 heavy (non-hydrogen) atoms. The lowest BCUT2D eigenvalue weighted by atomic mass is 9.96. The minimum absolute atomic E-state index is 0.0144. The molecule has 1 saturated carbocycles. The van der Waals surface area contributed by atoms with Crippen LogP contribution in [0.1, 0.15) is 50.5 Å². The van der Waals surface area contributed by atoms with Crippen LogP contribution < -0.4 is 16.0 Å². The Kier molecular flexibility index (Phi) is 7.89. The van der Waals surface area contributed by atoms with Crippen molar-refractivity contribution >= 4 is 23.5 Å². The molecule has 1 aromatic carbocycles. The Hall–Kier alpha value is -1.75. The van der Waals surface area contributed by atoms with Crippen molar-refractivity contribution in [1.82, 2.24) is 16.0 Å². The van der Waals surface area contributed by atoms with E-state index in [1.165, 1.54) is 19.3 Å². The molecule has 3 amide bonds. The summed E-state index contributed by atoms with van der Waals surface area (Å²) < 4.78 is 0. The molecule has 2 rings (SSSR count). The van der Waals surface area contributed by atoms with Crippen molar-refractivity contribution in [2.24, 2.45) is 0 Å². The van der Waals surface area contributed by atoms with Gasteiger partial charge in [-0.15, -0.1) is 0 Å². The van der Waals surface area contributed by atoms with E-state index in [2.05, 4.69) is 16.0 Å². The van der Waals surface area contributed by atoms with Crippen molar-refractivity contribution in [2.45, 2.75) is 57.5 Å². The van der Waals surface area contributed by atoms with Crippen LogP contribution in [0.5, 0.6) is 0 Å². The second kappa shape index (κ2) is 10.2. The van der Waals surface area contributed by atoms with E-state index in [1.54, 1.807) is 12.1 Å². The predicted octanol–water partition coefficient (Wildman–Crippen LogP) is 3.37. The first-order chi connectivity index (χ1) is 11.6. The van der Waals surface area contributed by atoms with E-state index in [4.69, 9.17) is 11.6 Å². The molecule has 0 saturated heterocycles. The highest BCUT2D eigenvalue weighted by molar-refractivity contribution is 6.30. The molecule has 0 heterocycles. The third kappa shape index (κ3) is 7.21. The van der Waals surface area contributed by atoms with Gasteiger partial charge in [0.2, 0.25) is 5.91 Å². The molecule has 1 aromatic rings. The van der Waals surface area contributed by atoms with Gasteiger partial charge in [0.05, 0.1) is 0 Å². The van der Waals surface area contributed by atoms with Crippen molar-refractivity contribution in [3.05, 3.63) is 34.9 Å². The van der Waals surface area contributed by atoms with Crippen LogP contribution in [0.2, 0.25) is 5.02 Å². The summed E-state index contributed by atoms with van der Waals surface area (Å²) in [6.07, 6.45) is 6.82. The fourth-order valence-electron chi connectivity index (χ4n) is 2.83. The molecule has 6 heteroatoms. The van der Waals surface area contributed by atoms with Crippen molar-refractivity contribution in [3.8, 4) is 0 Å². The van der Waals surface area contributed by atoms with E-state index >= 15 is 0 Å². The van der Waals surface area contributed by atoms with Gasteiger partial charge in [0.15, 0.2) is 0 Å². The maximum absolute atomic E-state index is 11.8. The predicted molar refractivity (Wildman–Crippen MR) is 95.9 cm³/mol. The quantitative estimate of drug-likeness (QED) is 0.659. The van der Waals surface area contributed by atoms with E-state index in [9.17, 15) is 9.59 Å². The van der Waals surface area contributed by atoms with Gasteiger partial charge in [-0.25, -0.2) is 4.79 Å². The number of hydrogen-bond acceptors (Lipinski definition) is 2. The highest BCUT2D eigenvalue weighted by atomic mass is 35.5. The number of carbonyl (C=O) groups excluding carboxylic acids is 2. The van der Waals surface area contributed by atoms with Gasteiger partial charge in [0.25, 0.3) is 0 Å². The Labute approximate surface area is 148 Å². The monoisotopic (exact) mass is 351 g/mol. The normalized spacial score (nSPS) is 14.9. The van der Waals surface area contributed by atoms with Crippen LogP contribution in [-0.2, 0) is 11.3 Å². The van der Waals surface area contributed by atoms with E-state index in [-0.39, 0.29) is 11.9 Å². The van der Waals surface area contributed by atoms with Gasteiger partial charge in [-0.3, -0.25) is 4.79 Å². The molecule has 0 aromatic heterocycles. The lowest BCUT2D eigenvalue weighted by molar-refractivity contribution is -0.121. The molecule has 1 aliphatic carbocycles. The van der Waals surface area contributed by atoms with E-state index < -0.39 is 0 Å². The Morgan fingerprint density at radius 3 is 2.46 bits per heavy atom. The van der Waals surface area contributed by atoms with Gasteiger partial charge in [-0.2, -0.15) is 0 Å². The van der Waals surface area contributed by atoms with Crippen LogP contribution in [-0.4, -0.2) is 24.5 Å². The molecule has 5 nitrogen and oxygen atoms in total. The molecule has 1 aliphatic rings. The first-order valence-electron chi connectivity index (χ1n) is 8.69. The van der Waals surface area contributed by atoms with E-state index in [1.807, 2.05) is 12.1 Å². The molecule has 0 atom stereocenters. The second-order valence-corrected chi connectivity index (χ2v) is 6.68. The molecule has 0 radical (unpaired) electrons. The molecule has 0 bridgehead atoms. The van der Waals surface area contributed by atoms with Crippen molar-refractivity contribution in [3.63, 3.8) is 0 Å². The number of nitrogens with one attached hydrogen (secondary N) is 3. The topological polar surface area (TPSA) is 70.2 Å². The number of halogens is 1. The van der Waals surface area contributed by atoms with Crippen LogP contribution in [0.4, 0.5) is 4.79 Å². The van der Waals surface area contributed by atoms with Crippen molar-refractivity contribution in [1.29, 1.82) is 0 Å². The highest BCUT2D eigenvalue weighted by Gasteiger charge is 2.15. The Morgan fingerprint density at radius 2 is 1.75 bits per heavy atom. The minimum Gasteiger partial charge on any atom is -0.352 e. The maximum atomic E-state index is 11.8. The fraction of sp³-hybridized carbons (Fsp3) is 0.556. The smallest absolute Gasteiger partial charge is 0.315 e. The lowest BCUT2D eigenvalue weighted by Gasteiger charge is -2.22. The summed E-state index contributed by atoms with van der Waals surface area (Å²) in [6, 6.07) is 7.57. The van der Waals surface area contributed by atoms with Gasteiger partial charge >= 0.3 is 6.03 Å². The molecule has 0 aliphatic heterocycles. The van der Waals surface area contributed by atoms with Gasteiger partial charge < -0.3 is 16.0 Å². The summed E-state index contributed by atoms with van der Waals surface area (Å²) in [5, 5.41) is 9.36. The number of rotatable bonds is 7. The molecule has 3 N–H and O–H groups in total. The standard InChI is InChI=1S/C18H26ClN3O2/c19-15-10-8-14(9-11-15)13-21-17(23)7-4-12-20-18(24)22-16-5-2-1-3-6-16/h8-11,16H,1-7,12-13H2,(H,21,23)(H2,20,22,24). The van der Waals surface area contributed by atoms with E-state index in [0.29, 0.717) is 37.0 Å². The van der Waals surface area contributed by atoms with Gasteiger partial charge in [-0.05, 0) is 37.0 Å².